The molecule has 0 fully saturated rings. The standard InChI is InChI=1S/C21H17N3O5/c25-20-11-8-18(24(27)28)12-17(20)13-22-23-21(26)16-6-9-19(10-7-16)29-14-15-4-2-1-3-5-15/h1-13,25H,14H2,(H,23,26)/b22-13-. The molecule has 0 saturated carbocycles. The monoisotopic (exact) mass is 391 g/mol. The van der Waals surface area contributed by atoms with E-state index in [0.29, 0.717) is 17.9 Å². The molecule has 3 aromatic rings. The van der Waals surface area contributed by atoms with Crippen molar-refractivity contribution in [2.45, 2.75) is 6.61 Å². The number of nitrogens with zero attached hydrogens (tertiary/aromatic N) is 2. The first-order valence-electron chi connectivity index (χ1n) is 8.60. The van der Waals surface area contributed by atoms with Gasteiger partial charge in [-0.15, -0.1) is 0 Å². The number of nitro benzene ring substituents is 1. The van der Waals surface area contributed by atoms with Gasteiger partial charge in [0.25, 0.3) is 11.6 Å². The van der Waals surface area contributed by atoms with Crippen molar-refractivity contribution in [1.82, 2.24) is 5.43 Å². The van der Waals surface area contributed by atoms with E-state index in [-0.39, 0.29) is 17.0 Å². The molecule has 29 heavy (non-hydrogen) atoms. The first-order valence-corrected chi connectivity index (χ1v) is 8.60. The smallest absolute Gasteiger partial charge is 0.271 e. The molecule has 0 aliphatic carbocycles. The molecule has 0 aliphatic rings. The maximum Gasteiger partial charge on any atom is 0.271 e. The normalized spacial score (nSPS) is 10.6. The summed E-state index contributed by atoms with van der Waals surface area (Å²) in [6.45, 7) is 0.420. The number of phenols is 1. The molecule has 2 N–H and O–H groups in total. The summed E-state index contributed by atoms with van der Waals surface area (Å²) in [5, 5.41) is 24.2. The van der Waals surface area contributed by atoms with Crippen molar-refractivity contribution >= 4 is 17.8 Å². The fourth-order valence-electron chi connectivity index (χ4n) is 2.43. The van der Waals surface area contributed by atoms with Crippen molar-refractivity contribution in [1.29, 1.82) is 0 Å². The topological polar surface area (TPSA) is 114 Å². The van der Waals surface area contributed by atoms with Crippen molar-refractivity contribution < 1.29 is 19.6 Å². The fraction of sp³-hybridized carbons (Fsp3) is 0.0476. The summed E-state index contributed by atoms with van der Waals surface area (Å²) in [5.41, 5.74) is 3.63. The number of ether oxygens (including phenoxy) is 1. The Hall–Kier alpha value is -4.20. The number of nitro groups is 1. The second-order valence-corrected chi connectivity index (χ2v) is 6.00. The summed E-state index contributed by atoms with van der Waals surface area (Å²) in [7, 11) is 0. The van der Waals surface area contributed by atoms with Gasteiger partial charge in [0.2, 0.25) is 0 Å². The zero-order chi connectivity index (χ0) is 20.6. The van der Waals surface area contributed by atoms with Gasteiger partial charge in [0, 0.05) is 23.3 Å². The van der Waals surface area contributed by atoms with Crippen LogP contribution in [-0.2, 0) is 6.61 Å². The number of carbonyl (C=O) groups is 1. The number of hydrazone groups is 1. The van der Waals surface area contributed by atoms with E-state index in [1.165, 1.54) is 12.1 Å². The lowest BCUT2D eigenvalue weighted by atomic mass is 10.2. The molecule has 3 rings (SSSR count). The van der Waals surface area contributed by atoms with E-state index in [1.807, 2.05) is 30.3 Å². The number of non-ortho nitro benzene ring substituents is 1. The van der Waals surface area contributed by atoms with Gasteiger partial charge in [0.15, 0.2) is 0 Å². The molecule has 0 atom stereocenters. The molecular formula is C21H17N3O5. The summed E-state index contributed by atoms with van der Waals surface area (Å²) < 4.78 is 5.67. The highest BCUT2D eigenvalue weighted by Gasteiger charge is 2.09. The highest BCUT2D eigenvalue weighted by molar-refractivity contribution is 5.95. The summed E-state index contributed by atoms with van der Waals surface area (Å²) in [6.07, 6.45) is 1.14. The predicted molar refractivity (Wildman–Crippen MR) is 107 cm³/mol. The minimum absolute atomic E-state index is 0.115. The molecule has 0 spiro atoms. The lowest BCUT2D eigenvalue weighted by Crippen LogP contribution is -2.17. The molecule has 8 nitrogen and oxygen atoms in total. The van der Waals surface area contributed by atoms with Crippen LogP contribution in [0.3, 0.4) is 0 Å². The Morgan fingerprint density at radius 1 is 1.10 bits per heavy atom. The molecule has 0 aromatic heterocycles. The number of amides is 1. The van der Waals surface area contributed by atoms with E-state index in [0.717, 1.165) is 17.8 Å². The van der Waals surface area contributed by atoms with Gasteiger partial charge < -0.3 is 9.84 Å². The molecule has 1 amide bonds. The molecular weight excluding hydrogens is 374 g/mol. The Labute approximate surface area is 166 Å². The SMILES string of the molecule is O=C(N/N=C\c1cc([N+](=O)[O-])ccc1O)c1ccc(OCc2ccccc2)cc1. The number of carbonyl (C=O) groups excluding carboxylic acids is 1. The van der Waals surface area contributed by atoms with Crippen molar-refractivity contribution in [3.05, 3.63) is 99.6 Å². The zero-order valence-corrected chi connectivity index (χ0v) is 15.2. The minimum atomic E-state index is -0.587. The predicted octanol–water partition coefficient (Wildman–Crippen LogP) is 3.64. The van der Waals surface area contributed by atoms with Crippen LogP contribution >= 0.6 is 0 Å². The summed E-state index contributed by atoms with van der Waals surface area (Å²) in [4.78, 5) is 22.3. The summed E-state index contributed by atoms with van der Waals surface area (Å²) in [6, 6.07) is 19.8. The Morgan fingerprint density at radius 3 is 2.52 bits per heavy atom. The third-order valence-electron chi connectivity index (χ3n) is 3.96. The lowest BCUT2D eigenvalue weighted by molar-refractivity contribution is -0.384. The van der Waals surface area contributed by atoms with Crippen LogP contribution in [0, 0.1) is 10.1 Å². The molecule has 0 bridgehead atoms. The van der Waals surface area contributed by atoms with Crippen LogP contribution in [0.15, 0.2) is 77.9 Å². The zero-order valence-electron chi connectivity index (χ0n) is 15.2. The van der Waals surface area contributed by atoms with E-state index in [2.05, 4.69) is 10.5 Å². The summed E-state index contributed by atoms with van der Waals surface area (Å²) in [5.74, 6) is -0.0373. The molecule has 0 saturated heterocycles. The van der Waals surface area contributed by atoms with E-state index in [9.17, 15) is 20.0 Å². The molecule has 8 heteroatoms. The number of nitrogens with one attached hydrogen (secondary N) is 1. The highest BCUT2D eigenvalue weighted by atomic mass is 16.6. The average molecular weight is 391 g/mol. The molecule has 0 heterocycles. The fourth-order valence-corrected chi connectivity index (χ4v) is 2.43. The van der Waals surface area contributed by atoms with Crippen LogP contribution in [-0.4, -0.2) is 22.2 Å². The summed E-state index contributed by atoms with van der Waals surface area (Å²) >= 11 is 0. The van der Waals surface area contributed by atoms with Crippen LogP contribution in [0.5, 0.6) is 11.5 Å². The molecule has 146 valence electrons. The van der Waals surface area contributed by atoms with E-state index in [4.69, 9.17) is 4.74 Å². The maximum atomic E-state index is 12.1. The quantitative estimate of drug-likeness (QED) is 0.363. The van der Waals surface area contributed by atoms with Gasteiger partial charge in [-0.1, -0.05) is 30.3 Å². The maximum absolute atomic E-state index is 12.1. The van der Waals surface area contributed by atoms with Gasteiger partial charge in [-0.3, -0.25) is 14.9 Å². The third kappa shape index (κ3) is 5.39. The number of rotatable bonds is 7. The van der Waals surface area contributed by atoms with Crippen molar-refractivity contribution in [2.24, 2.45) is 5.10 Å². The third-order valence-corrected chi connectivity index (χ3v) is 3.96. The number of hydrogen-bond donors (Lipinski definition) is 2. The largest absolute Gasteiger partial charge is 0.507 e. The van der Waals surface area contributed by atoms with E-state index >= 15 is 0 Å². The van der Waals surface area contributed by atoms with Gasteiger partial charge in [-0.2, -0.15) is 5.10 Å². The number of phenolic OH excluding ortho intramolecular Hbond substituents is 1. The Morgan fingerprint density at radius 2 is 1.83 bits per heavy atom. The van der Waals surface area contributed by atoms with Crippen molar-refractivity contribution in [2.75, 3.05) is 0 Å². The van der Waals surface area contributed by atoms with Crippen LogP contribution in [0.2, 0.25) is 0 Å². The second-order valence-electron chi connectivity index (χ2n) is 6.00. The van der Waals surface area contributed by atoms with Crippen LogP contribution in [0.25, 0.3) is 0 Å². The van der Waals surface area contributed by atoms with Gasteiger partial charge in [-0.05, 0) is 35.9 Å². The van der Waals surface area contributed by atoms with Gasteiger partial charge >= 0.3 is 0 Å². The van der Waals surface area contributed by atoms with Crippen LogP contribution in [0.1, 0.15) is 21.5 Å². The van der Waals surface area contributed by atoms with Gasteiger partial charge in [0.1, 0.15) is 18.1 Å². The van der Waals surface area contributed by atoms with E-state index < -0.39 is 10.8 Å². The van der Waals surface area contributed by atoms with E-state index in [1.54, 1.807) is 24.3 Å². The first kappa shape index (κ1) is 19.6. The average Bonchev–Trinajstić information content (AvgIpc) is 2.74. The Balaban J connectivity index is 1.57. The highest BCUT2D eigenvalue weighted by Crippen LogP contribution is 2.21. The molecule has 0 radical (unpaired) electrons. The molecule has 0 aliphatic heterocycles. The second kappa shape index (κ2) is 9.14. The van der Waals surface area contributed by atoms with Crippen LogP contribution < -0.4 is 10.2 Å². The number of benzene rings is 3. The number of hydrogen-bond acceptors (Lipinski definition) is 6. The van der Waals surface area contributed by atoms with Crippen molar-refractivity contribution in [3.63, 3.8) is 0 Å². The first-order chi connectivity index (χ1) is 14.0. The lowest BCUT2D eigenvalue weighted by Gasteiger charge is -2.07. The number of aromatic hydroxyl groups is 1. The minimum Gasteiger partial charge on any atom is -0.507 e. The van der Waals surface area contributed by atoms with Gasteiger partial charge in [-0.25, -0.2) is 5.43 Å². The Bertz CT molecular complexity index is 1030. The molecule has 0 unspecified atom stereocenters. The van der Waals surface area contributed by atoms with Crippen molar-refractivity contribution in [3.8, 4) is 11.5 Å². The van der Waals surface area contributed by atoms with Gasteiger partial charge in [0.05, 0.1) is 11.1 Å². The molecule has 3 aromatic carbocycles. The Kier molecular flexibility index (Phi) is 6.16. The van der Waals surface area contributed by atoms with Crippen LogP contribution in [0.4, 0.5) is 5.69 Å².